The number of nitrogens with zero attached hydrogens (tertiary/aromatic N) is 2. The maximum Gasteiger partial charge on any atom is 0.125 e. The first kappa shape index (κ1) is 14.2. The van der Waals surface area contributed by atoms with Crippen molar-refractivity contribution in [1.29, 1.82) is 0 Å². The minimum atomic E-state index is 0.496. The second kappa shape index (κ2) is 6.26. The van der Waals surface area contributed by atoms with Crippen LogP contribution in [0.15, 0.2) is 18.5 Å². The van der Waals surface area contributed by atoms with E-state index in [2.05, 4.69) is 38.0 Å². The Morgan fingerprint density at radius 2 is 2.16 bits per heavy atom. The van der Waals surface area contributed by atoms with Crippen LogP contribution in [0.4, 0.5) is 0 Å². The van der Waals surface area contributed by atoms with Crippen LogP contribution in [0.2, 0.25) is 0 Å². The van der Waals surface area contributed by atoms with Crippen LogP contribution in [0.3, 0.4) is 0 Å². The van der Waals surface area contributed by atoms with E-state index in [1.54, 1.807) is 11.3 Å². The van der Waals surface area contributed by atoms with Gasteiger partial charge in [-0.05, 0) is 25.0 Å². The van der Waals surface area contributed by atoms with Gasteiger partial charge in [0.1, 0.15) is 5.01 Å². The third-order valence-corrected chi connectivity index (χ3v) is 4.18. The number of aromatic nitrogens is 2. The molecular weight excluding hydrogens is 254 g/mol. The highest BCUT2D eigenvalue weighted by Gasteiger charge is 2.13. The topological polar surface area (TPSA) is 37.8 Å². The summed E-state index contributed by atoms with van der Waals surface area (Å²) >= 11 is 1.78. The van der Waals surface area contributed by atoms with Gasteiger partial charge in [-0.25, -0.2) is 4.98 Å². The molecule has 0 amide bonds. The number of hydrogen-bond acceptors (Lipinski definition) is 4. The van der Waals surface area contributed by atoms with Crippen molar-refractivity contribution in [2.24, 2.45) is 0 Å². The van der Waals surface area contributed by atoms with Crippen LogP contribution in [0.5, 0.6) is 0 Å². The molecule has 0 spiro atoms. The molecule has 0 aromatic carbocycles. The summed E-state index contributed by atoms with van der Waals surface area (Å²) in [6, 6.07) is 2.53. The van der Waals surface area contributed by atoms with E-state index in [1.165, 1.54) is 16.1 Å². The van der Waals surface area contributed by atoms with Crippen molar-refractivity contribution in [3.05, 3.63) is 34.6 Å². The predicted molar refractivity (Wildman–Crippen MR) is 81.4 cm³/mol. The van der Waals surface area contributed by atoms with Crippen LogP contribution in [0.1, 0.15) is 36.9 Å². The van der Waals surface area contributed by atoms with Crippen LogP contribution in [0, 0.1) is 6.92 Å². The fourth-order valence-corrected chi connectivity index (χ4v) is 3.07. The monoisotopic (exact) mass is 275 g/mol. The van der Waals surface area contributed by atoms with Gasteiger partial charge in [0.15, 0.2) is 0 Å². The Morgan fingerprint density at radius 1 is 1.37 bits per heavy atom. The van der Waals surface area contributed by atoms with Gasteiger partial charge in [-0.2, -0.15) is 0 Å². The molecule has 0 bridgehead atoms. The van der Waals surface area contributed by atoms with Crippen LogP contribution >= 0.6 is 11.3 Å². The van der Waals surface area contributed by atoms with Crippen LogP contribution in [-0.2, 0) is 13.0 Å². The summed E-state index contributed by atoms with van der Waals surface area (Å²) in [5.74, 6) is 0. The average Bonchev–Trinajstić information content (AvgIpc) is 2.80. The molecule has 0 radical (unpaired) electrons. The van der Waals surface area contributed by atoms with Crippen LogP contribution < -0.4 is 5.32 Å². The number of hydrogen-bond donors (Lipinski definition) is 1. The standard InChI is InChI=1S/C15H21N3S/c1-5-13-14(9-17-10(2)3)19-15(18-13)12-8-16-7-6-11(12)4/h6-8,10,17H,5,9H2,1-4H3. The van der Waals surface area contributed by atoms with Gasteiger partial charge in [0.2, 0.25) is 0 Å². The summed E-state index contributed by atoms with van der Waals surface area (Å²) in [7, 11) is 0. The van der Waals surface area contributed by atoms with Gasteiger partial charge in [-0.15, -0.1) is 11.3 Å². The molecule has 1 N–H and O–H groups in total. The highest BCUT2D eigenvalue weighted by Crippen LogP contribution is 2.30. The second-order valence-electron chi connectivity index (χ2n) is 4.97. The smallest absolute Gasteiger partial charge is 0.125 e. The lowest BCUT2D eigenvalue weighted by Gasteiger charge is -2.06. The SMILES string of the molecule is CCc1nc(-c2cnccc2C)sc1CNC(C)C. The van der Waals surface area contributed by atoms with Crippen molar-refractivity contribution in [1.82, 2.24) is 15.3 Å². The van der Waals surface area contributed by atoms with Gasteiger partial charge in [0.05, 0.1) is 5.69 Å². The van der Waals surface area contributed by atoms with Gasteiger partial charge in [0.25, 0.3) is 0 Å². The molecule has 0 saturated carbocycles. The molecule has 0 atom stereocenters. The zero-order valence-electron chi connectivity index (χ0n) is 12.0. The van der Waals surface area contributed by atoms with Gasteiger partial charge in [0, 0.05) is 35.4 Å². The molecule has 2 rings (SSSR count). The zero-order valence-corrected chi connectivity index (χ0v) is 12.8. The molecule has 19 heavy (non-hydrogen) atoms. The summed E-state index contributed by atoms with van der Waals surface area (Å²) in [4.78, 5) is 10.3. The van der Waals surface area contributed by atoms with Gasteiger partial charge < -0.3 is 5.32 Å². The fourth-order valence-electron chi connectivity index (χ4n) is 1.90. The number of nitrogens with one attached hydrogen (secondary N) is 1. The second-order valence-corrected chi connectivity index (χ2v) is 6.05. The number of pyridine rings is 1. The van der Waals surface area contributed by atoms with E-state index in [9.17, 15) is 0 Å². The molecular formula is C15H21N3S. The number of aryl methyl sites for hydroxylation is 2. The third kappa shape index (κ3) is 3.39. The molecule has 0 unspecified atom stereocenters. The summed E-state index contributed by atoms with van der Waals surface area (Å²) in [6.07, 6.45) is 4.71. The van der Waals surface area contributed by atoms with Crippen molar-refractivity contribution in [2.75, 3.05) is 0 Å². The number of thiazole rings is 1. The maximum absolute atomic E-state index is 4.78. The normalized spacial score (nSPS) is 11.2. The minimum absolute atomic E-state index is 0.496. The molecule has 2 heterocycles. The van der Waals surface area contributed by atoms with E-state index in [4.69, 9.17) is 4.98 Å². The van der Waals surface area contributed by atoms with Crippen molar-refractivity contribution < 1.29 is 0 Å². The Balaban J connectivity index is 2.31. The Labute approximate surface area is 119 Å². The molecule has 0 aliphatic rings. The van der Waals surface area contributed by atoms with Crippen molar-refractivity contribution in [2.45, 2.75) is 46.7 Å². The zero-order chi connectivity index (χ0) is 13.8. The molecule has 2 aromatic rings. The Kier molecular flexibility index (Phi) is 4.66. The fraction of sp³-hybridized carbons (Fsp3) is 0.467. The first-order chi connectivity index (χ1) is 9.11. The highest BCUT2D eigenvalue weighted by molar-refractivity contribution is 7.15. The van der Waals surface area contributed by atoms with Crippen LogP contribution in [-0.4, -0.2) is 16.0 Å². The van der Waals surface area contributed by atoms with Gasteiger partial charge in [-0.1, -0.05) is 20.8 Å². The predicted octanol–water partition coefficient (Wildman–Crippen LogP) is 3.57. The first-order valence-electron chi connectivity index (χ1n) is 6.74. The molecule has 0 fully saturated rings. The van der Waals surface area contributed by atoms with E-state index < -0.39 is 0 Å². The van der Waals surface area contributed by atoms with E-state index in [1.807, 2.05) is 18.5 Å². The number of rotatable bonds is 5. The van der Waals surface area contributed by atoms with Crippen molar-refractivity contribution in [3.8, 4) is 10.6 Å². The molecule has 2 aromatic heterocycles. The van der Waals surface area contributed by atoms with E-state index >= 15 is 0 Å². The lowest BCUT2D eigenvalue weighted by Crippen LogP contribution is -2.21. The largest absolute Gasteiger partial charge is 0.310 e. The summed E-state index contributed by atoms with van der Waals surface area (Å²) in [5.41, 5.74) is 3.59. The quantitative estimate of drug-likeness (QED) is 0.906. The lowest BCUT2D eigenvalue weighted by molar-refractivity contribution is 0.590. The van der Waals surface area contributed by atoms with Crippen molar-refractivity contribution in [3.63, 3.8) is 0 Å². The summed E-state index contributed by atoms with van der Waals surface area (Å²) in [6.45, 7) is 9.50. The Bertz CT molecular complexity index is 546. The summed E-state index contributed by atoms with van der Waals surface area (Å²) in [5, 5.41) is 4.56. The van der Waals surface area contributed by atoms with Gasteiger partial charge >= 0.3 is 0 Å². The molecule has 0 saturated heterocycles. The maximum atomic E-state index is 4.78. The van der Waals surface area contributed by atoms with E-state index in [0.717, 1.165) is 23.5 Å². The van der Waals surface area contributed by atoms with E-state index in [-0.39, 0.29) is 0 Å². The average molecular weight is 275 g/mol. The Morgan fingerprint density at radius 3 is 2.79 bits per heavy atom. The molecule has 102 valence electrons. The van der Waals surface area contributed by atoms with Gasteiger partial charge in [-0.3, -0.25) is 4.98 Å². The third-order valence-electron chi connectivity index (χ3n) is 3.05. The van der Waals surface area contributed by atoms with Crippen LogP contribution in [0.25, 0.3) is 10.6 Å². The van der Waals surface area contributed by atoms with Crippen molar-refractivity contribution >= 4 is 11.3 Å². The minimum Gasteiger partial charge on any atom is -0.310 e. The molecule has 0 aliphatic carbocycles. The molecule has 3 nitrogen and oxygen atoms in total. The Hall–Kier alpha value is -1.26. The lowest BCUT2D eigenvalue weighted by atomic mass is 10.2. The highest BCUT2D eigenvalue weighted by atomic mass is 32.1. The molecule has 0 aliphatic heterocycles. The first-order valence-corrected chi connectivity index (χ1v) is 7.56. The van der Waals surface area contributed by atoms with E-state index in [0.29, 0.717) is 6.04 Å². The molecule has 4 heteroatoms. The summed E-state index contributed by atoms with van der Waals surface area (Å²) < 4.78 is 0.